The molecular weight excluding hydrogens is 1640 g/mol. The number of methoxy groups -OCH3 is 1. The molecule has 132 heavy (non-hydrogen) atoms. The molecule has 4 aliphatic rings. The minimum absolute atomic E-state index is 0. The maximum Gasteiger partial charge on any atom is 0.309 e. The number of nitrogens with zero attached hydrogens (tertiary/aromatic N) is 7. The molecule has 14 nitrogen and oxygen atoms in total. The van der Waals surface area contributed by atoms with Crippen LogP contribution in [-0.4, -0.2) is 84.9 Å². The predicted octanol–water partition coefficient (Wildman–Crippen LogP) is 29.6. The quantitative estimate of drug-likeness (QED) is 0.121. The molecule has 7 aromatic heterocycles. The molecule has 10 heterocycles. The van der Waals surface area contributed by atoms with E-state index in [9.17, 15) is 4.79 Å². The van der Waals surface area contributed by atoms with Gasteiger partial charge < -0.3 is 29.8 Å². The number of esters is 1. The highest BCUT2D eigenvalue weighted by molar-refractivity contribution is 7.16. The van der Waals surface area contributed by atoms with Crippen molar-refractivity contribution in [3.63, 3.8) is 0 Å². The summed E-state index contributed by atoms with van der Waals surface area (Å²) in [5.41, 5.74) is 16.5. The zero-order chi connectivity index (χ0) is 89.8. The van der Waals surface area contributed by atoms with Crippen molar-refractivity contribution in [2.75, 3.05) is 26.7 Å². The first-order valence-corrected chi connectivity index (χ1v) is 45.4. The smallest absolute Gasteiger partial charge is 0.309 e. The lowest BCUT2D eigenvalue weighted by atomic mass is 9.80. The van der Waals surface area contributed by atoms with Gasteiger partial charge >= 0.3 is 5.97 Å². The van der Waals surface area contributed by atoms with Crippen molar-refractivity contribution in [1.29, 1.82) is 0 Å². The Labute approximate surface area is 784 Å². The topological polar surface area (TPSA) is 177 Å². The molecule has 0 bridgehead atoms. The number of pyridine rings is 2. The molecule has 2 atom stereocenters. The number of H-pyrrole nitrogens is 2. The zero-order valence-electron chi connectivity index (χ0n) is 74.3. The van der Waals surface area contributed by atoms with E-state index >= 15 is 0 Å². The number of ether oxygens (including phenoxy) is 1. The number of carbonyl (C=O) groups excluding carboxylic acids is 1. The summed E-state index contributed by atoms with van der Waals surface area (Å²) in [7, 11) is 3.26. The summed E-state index contributed by atoms with van der Waals surface area (Å²) in [6.07, 6.45) is 30.9. The normalized spacial score (nSPS) is 12.8. The Balaban J connectivity index is 0.000000161. The number of fused-ring (bicyclic) bond motifs is 7. The number of thiazole rings is 1. The predicted molar refractivity (Wildman–Crippen MR) is 559 cm³/mol. The van der Waals surface area contributed by atoms with E-state index in [-0.39, 0.29) is 20.8 Å². The molecule has 13 aromatic carbocycles. The molecule has 0 radical (unpaired) electrons. The van der Waals surface area contributed by atoms with Gasteiger partial charge in [0, 0.05) is 84.8 Å². The highest BCUT2D eigenvalue weighted by Gasteiger charge is 2.26. The number of piperidine rings is 2. The van der Waals surface area contributed by atoms with Crippen LogP contribution in [0.3, 0.4) is 0 Å². The average molecular weight is 1770 g/mol. The highest BCUT2D eigenvalue weighted by atomic mass is 32.1. The number of aromatic nitrogens is 8. The number of aliphatic imine (C=N–C) groups is 1. The lowest BCUT2D eigenvalue weighted by molar-refractivity contribution is -0.139. The third kappa shape index (κ3) is 37.8. The van der Waals surface area contributed by atoms with Gasteiger partial charge in [-0.3, -0.25) is 24.4 Å². The first kappa shape index (κ1) is 101. The Morgan fingerprint density at radius 2 is 0.939 bits per heavy atom. The van der Waals surface area contributed by atoms with Gasteiger partial charge in [0.2, 0.25) is 0 Å². The van der Waals surface area contributed by atoms with Crippen molar-refractivity contribution in [2.45, 2.75) is 91.5 Å². The summed E-state index contributed by atoms with van der Waals surface area (Å²) in [5, 5.41) is 21.0. The number of aryl methyl sites for hydroxylation is 1. The standard InChI is InChI=1S/C15H14O2.C12H10.C10H8.C9H9N3.C9H17N.C9H7N.2C8H7N.C8H6O.C7H5NS.C6H6.C5H11N.C5H5N.C4H5N.2CH4/c1-17-15(16)11-12-7-9-14(10-8-12)13-5-3-2-4-6-13;1-3-7-11(8-4-1)12-9-5-2-6-10-12;1-2-6-10-8-4-3-7-9(10)5-1;1-12-7-9(10-11-12)8-5-3-2-4-6-8;2*1-2-6-9-8(4-1)5-3-7-10-9;3*1-2-4-8-7(3-1)5-6-9-8;1-2-4-7-6(3-1)8-5-9-7;3*1-2-4-6-5-3-1;1-2-4-5-3-1;;/h2-10H,11H2,1H3;1-10H;1-8H;2-7H,1H3;8-10H,1-7H2;1-7H;1-4,6H,5H2;1-6,9H;1-6H;1-5H;1-6H;6H,1-5H2;1-5H;1-5H;2*1H4. The van der Waals surface area contributed by atoms with Gasteiger partial charge in [-0.05, 0) is 192 Å². The molecule has 0 spiro atoms. The number of hydrogen-bond acceptors (Lipinski definition) is 12. The third-order valence-corrected chi connectivity index (χ3v) is 21.8. The zero-order valence-corrected chi connectivity index (χ0v) is 75.1. The van der Waals surface area contributed by atoms with Crippen LogP contribution in [0, 0.1) is 5.92 Å². The van der Waals surface area contributed by atoms with E-state index in [1.54, 1.807) is 34.7 Å². The lowest BCUT2D eigenvalue weighted by Crippen LogP contribution is -2.42. The van der Waals surface area contributed by atoms with E-state index in [2.05, 4.69) is 207 Å². The molecule has 1 saturated carbocycles. The van der Waals surface area contributed by atoms with Crippen molar-refractivity contribution in [2.24, 2.45) is 18.0 Å². The Bertz CT molecular complexity index is 5690. The molecule has 1 aliphatic carbocycles. The Kier molecular flexibility index (Phi) is 47.0. The van der Waals surface area contributed by atoms with Crippen LogP contribution >= 0.6 is 11.3 Å². The minimum atomic E-state index is -0.211. The fraction of sp³-hybridized carbons (Fsp3) is 0.171. The molecule has 4 N–H and O–H groups in total. The van der Waals surface area contributed by atoms with Gasteiger partial charge in [0.25, 0.3) is 0 Å². The molecule has 2 saturated heterocycles. The number of carbonyl (C=O) groups is 1. The summed E-state index contributed by atoms with van der Waals surface area (Å²) < 4.78 is 12.7. The molecule has 3 fully saturated rings. The van der Waals surface area contributed by atoms with Crippen molar-refractivity contribution >= 4 is 83.0 Å². The van der Waals surface area contributed by atoms with E-state index in [1.165, 1.54) is 139 Å². The Morgan fingerprint density at radius 3 is 1.45 bits per heavy atom. The summed E-state index contributed by atoms with van der Waals surface area (Å²) in [6, 6.07) is 137. The maximum absolute atomic E-state index is 11.1. The van der Waals surface area contributed by atoms with Crippen LogP contribution in [0.5, 0.6) is 0 Å². The SMILES string of the molecule is C.C.C1=Nc2ccccc2C1.C1CCC2NCCCC2C1.C1CCNCC1.COC(=O)Cc1ccc(-c2ccccc2)cc1.Cn1cc(-c2ccccc2)nn1.c1cc[nH]c1.c1ccc(-c2ccccc2)cc1.c1ccc2[nH]ccc2c1.c1ccc2ccccc2c1.c1ccc2ncccc2c1.c1ccc2occc2c1.c1ccc2scnc2c1.c1ccccc1.c1ccncc1. The summed E-state index contributed by atoms with van der Waals surface area (Å²) in [6.45, 7) is 3.78. The monoisotopic (exact) mass is 1760 g/mol. The fourth-order valence-corrected chi connectivity index (χ4v) is 14.9. The van der Waals surface area contributed by atoms with Crippen molar-refractivity contribution in [3.8, 4) is 33.5 Å². The second-order valence-electron chi connectivity index (χ2n) is 30.3. The van der Waals surface area contributed by atoms with Gasteiger partial charge in [-0.2, -0.15) is 0 Å². The number of hydrogen-bond donors (Lipinski definition) is 4. The van der Waals surface area contributed by atoms with Crippen LogP contribution in [0.1, 0.15) is 83.8 Å². The third-order valence-electron chi connectivity index (χ3n) is 21.0. The Morgan fingerprint density at radius 1 is 0.432 bits per heavy atom. The van der Waals surface area contributed by atoms with Crippen LogP contribution in [0.4, 0.5) is 5.69 Å². The maximum atomic E-state index is 11.1. The average Bonchev–Trinajstić information content (AvgIpc) is 1.87. The molecular formula is C117H125N11O3S. The minimum Gasteiger partial charge on any atom is -0.469 e. The van der Waals surface area contributed by atoms with Gasteiger partial charge in [0.05, 0.1) is 52.9 Å². The molecule has 2 unspecified atom stereocenters. The van der Waals surface area contributed by atoms with E-state index in [0.29, 0.717) is 6.42 Å². The van der Waals surface area contributed by atoms with Gasteiger partial charge in [-0.25, -0.2) is 4.98 Å². The first-order valence-electron chi connectivity index (χ1n) is 44.6. The molecule has 15 heteroatoms. The van der Waals surface area contributed by atoms with Crippen molar-refractivity contribution < 1.29 is 13.9 Å². The van der Waals surface area contributed by atoms with Crippen molar-refractivity contribution in [1.82, 2.24) is 50.5 Å². The van der Waals surface area contributed by atoms with E-state index in [0.717, 1.165) is 68.5 Å². The second-order valence-corrected chi connectivity index (χ2v) is 31.2. The highest BCUT2D eigenvalue weighted by Crippen LogP contribution is 2.31. The first-order chi connectivity index (χ1) is 64.4. The van der Waals surface area contributed by atoms with E-state index in [1.807, 2.05) is 305 Å². The van der Waals surface area contributed by atoms with Gasteiger partial charge in [0.1, 0.15) is 11.3 Å². The molecule has 672 valence electrons. The number of nitrogens with one attached hydrogen (secondary N) is 4. The largest absolute Gasteiger partial charge is 0.469 e. The molecule has 0 amide bonds. The van der Waals surface area contributed by atoms with Crippen LogP contribution in [0.25, 0.3) is 87.3 Å². The fourth-order valence-electron chi connectivity index (χ4n) is 14.2. The van der Waals surface area contributed by atoms with E-state index in [4.69, 9.17) is 4.42 Å². The molecule has 24 rings (SSSR count). The lowest BCUT2D eigenvalue weighted by Gasteiger charge is -2.36. The van der Waals surface area contributed by atoms with Crippen LogP contribution < -0.4 is 10.6 Å². The van der Waals surface area contributed by atoms with Gasteiger partial charge in [-0.1, -0.05) is 367 Å². The van der Waals surface area contributed by atoms with Crippen molar-refractivity contribution in [3.05, 3.63) is 473 Å². The summed E-state index contributed by atoms with van der Waals surface area (Å²) in [4.78, 5) is 33.4. The number of furan rings is 1. The van der Waals surface area contributed by atoms with Crippen LogP contribution in [0.15, 0.2) is 471 Å². The number of aromatic amines is 2. The molecule has 3 aliphatic heterocycles. The summed E-state index contributed by atoms with van der Waals surface area (Å²) >= 11 is 1.68. The number of rotatable bonds is 5. The van der Waals surface area contributed by atoms with Crippen LogP contribution in [0.2, 0.25) is 0 Å². The Hall–Kier alpha value is -14.9. The number of para-hydroxylation sites is 5. The van der Waals surface area contributed by atoms with Gasteiger partial charge in [0.15, 0.2) is 0 Å². The van der Waals surface area contributed by atoms with Gasteiger partial charge in [-0.15, -0.1) is 16.4 Å². The number of benzene rings is 13. The van der Waals surface area contributed by atoms with Crippen LogP contribution in [-0.2, 0) is 29.4 Å². The second kappa shape index (κ2) is 61.6. The summed E-state index contributed by atoms with van der Waals surface area (Å²) in [5.74, 6) is 0.833. The molecule has 20 aromatic rings. The van der Waals surface area contributed by atoms with E-state index < -0.39 is 0 Å².